The molecule has 0 saturated heterocycles. The van der Waals surface area contributed by atoms with Crippen molar-refractivity contribution in [1.82, 2.24) is 0 Å². The van der Waals surface area contributed by atoms with Crippen LogP contribution in [0.15, 0.2) is 60.8 Å². The van der Waals surface area contributed by atoms with E-state index in [1.54, 1.807) is 0 Å². The van der Waals surface area contributed by atoms with Crippen LogP contribution in [0.3, 0.4) is 0 Å². The molecule has 9 heteroatoms. The van der Waals surface area contributed by atoms with Gasteiger partial charge in [-0.1, -0.05) is 152 Å². The Morgan fingerprint density at radius 3 is 1.55 bits per heavy atom. The molecule has 0 radical (unpaired) electrons. The fraction of sp³-hybridized carbons (Fsp3) is 0.766. The fourth-order valence-corrected chi connectivity index (χ4v) is 6.57. The van der Waals surface area contributed by atoms with Crippen LogP contribution in [0.5, 0.6) is 0 Å². The number of rotatable bonds is 41. The summed E-state index contributed by atoms with van der Waals surface area (Å²) < 4.78 is 35.0. The number of hydrogen-bond acceptors (Lipinski definition) is 6. The maximum absolute atomic E-state index is 12.7. The maximum Gasteiger partial charge on any atom is 0.472 e. The zero-order chi connectivity index (χ0) is 41.3. The highest BCUT2D eigenvalue weighted by Gasteiger charge is 2.26. The summed E-state index contributed by atoms with van der Waals surface area (Å²) in [5.74, 6) is -0.332. The van der Waals surface area contributed by atoms with Crippen molar-refractivity contribution in [3.8, 4) is 0 Å². The molecule has 0 aliphatic rings. The number of nitrogens with zero attached hydrogens (tertiary/aromatic N) is 1. The molecule has 8 nitrogen and oxygen atoms in total. The van der Waals surface area contributed by atoms with Gasteiger partial charge in [0, 0.05) is 13.0 Å². The summed E-state index contributed by atoms with van der Waals surface area (Å²) in [5.41, 5.74) is 0. The van der Waals surface area contributed by atoms with Gasteiger partial charge in [-0.15, -0.1) is 0 Å². The SMILES string of the molecule is CC/C=C\C/C=C\C/C=C\CCCCCCCCCCOCC(COP(=O)(O)OCC[N+](C)(C)C)OC(=O)CCCCCCC/C=C\C/C=C\CCCCCC. The van der Waals surface area contributed by atoms with Gasteiger partial charge in [0.15, 0.2) is 0 Å². The molecule has 56 heavy (non-hydrogen) atoms. The van der Waals surface area contributed by atoms with Crippen LogP contribution in [-0.4, -0.2) is 75.6 Å². The van der Waals surface area contributed by atoms with Crippen molar-refractivity contribution in [1.29, 1.82) is 0 Å². The molecule has 0 aromatic heterocycles. The number of phosphoric acid groups is 1. The lowest BCUT2D eigenvalue weighted by molar-refractivity contribution is -0.870. The Hall–Kier alpha value is -1.80. The quantitative estimate of drug-likeness (QED) is 0.0216. The van der Waals surface area contributed by atoms with Crippen molar-refractivity contribution in [3.05, 3.63) is 60.8 Å². The molecule has 0 aromatic carbocycles. The van der Waals surface area contributed by atoms with Gasteiger partial charge in [0.05, 0.1) is 34.4 Å². The summed E-state index contributed by atoms with van der Waals surface area (Å²) >= 11 is 0. The van der Waals surface area contributed by atoms with Crippen molar-refractivity contribution >= 4 is 13.8 Å². The molecule has 326 valence electrons. The van der Waals surface area contributed by atoms with Gasteiger partial charge < -0.3 is 18.9 Å². The third kappa shape index (κ3) is 43.3. The third-order valence-corrected chi connectivity index (χ3v) is 10.3. The summed E-state index contributed by atoms with van der Waals surface area (Å²) in [6.07, 6.45) is 49.6. The van der Waals surface area contributed by atoms with Crippen LogP contribution in [-0.2, 0) is 27.9 Å². The van der Waals surface area contributed by atoms with E-state index in [-0.39, 0.29) is 25.8 Å². The smallest absolute Gasteiger partial charge is 0.457 e. The second kappa shape index (κ2) is 40.0. The maximum atomic E-state index is 12.7. The minimum atomic E-state index is -4.28. The number of allylic oxidation sites excluding steroid dienone is 10. The van der Waals surface area contributed by atoms with Gasteiger partial charge >= 0.3 is 13.8 Å². The molecule has 0 saturated carbocycles. The number of esters is 1. The predicted octanol–water partition coefficient (Wildman–Crippen LogP) is 13.3. The van der Waals surface area contributed by atoms with E-state index in [1.165, 1.54) is 70.6 Å². The van der Waals surface area contributed by atoms with E-state index in [1.807, 2.05) is 21.1 Å². The molecule has 0 spiro atoms. The van der Waals surface area contributed by atoms with Gasteiger partial charge in [-0.3, -0.25) is 13.8 Å². The molecule has 0 rings (SSSR count). The monoisotopic (exact) mass is 809 g/mol. The lowest BCUT2D eigenvalue weighted by Crippen LogP contribution is -2.37. The number of carbonyl (C=O) groups is 1. The van der Waals surface area contributed by atoms with Crippen LogP contribution < -0.4 is 0 Å². The van der Waals surface area contributed by atoms with E-state index >= 15 is 0 Å². The highest BCUT2D eigenvalue weighted by molar-refractivity contribution is 7.47. The molecule has 0 aromatic rings. The van der Waals surface area contributed by atoms with E-state index in [0.29, 0.717) is 24.1 Å². The van der Waals surface area contributed by atoms with E-state index in [0.717, 1.165) is 83.5 Å². The van der Waals surface area contributed by atoms with Gasteiger partial charge in [0.1, 0.15) is 19.3 Å². The van der Waals surface area contributed by atoms with Gasteiger partial charge in [-0.2, -0.15) is 0 Å². The number of likely N-dealkylation sites (N-methyl/N-ethyl adjacent to an activating group) is 1. The van der Waals surface area contributed by atoms with Gasteiger partial charge in [-0.25, -0.2) is 4.57 Å². The summed E-state index contributed by atoms with van der Waals surface area (Å²) in [5, 5.41) is 0. The van der Waals surface area contributed by atoms with E-state index < -0.39 is 13.9 Å². The molecule has 1 N–H and O–H groups in total. The molecule has 0 fully saturated rings. The van der Waals surface area contributed by atoms with Gasteiger partial charge in [0.2, 0.25) is 0 Å². The second-order valence-corrected chi connectivity index (χ2v) is 17.5. The summed E-state index contributed by atoms with van der Waals surface area (Å²) in [4.78, 5) is 22.9. The minimum absolute atomic E-state index is 0.0816. The molecule has 0 amide bonds. The van der Waals surface area contributed by atoms with Crippen LogP contribution in [0, 0.1) is 0 Å². The average Bonchev–Trinajstić information content (AvgIpc) is 3.15. The lowest BCUT2D eigenvalue weighted by atomic mass is 10.1. The Morgan fingerprint density at radius 1 is 0.571 bits per heavy atom. The molecular formula is C47H87NO7P+. The molecule has 2 unspecified atom stereocenters. The van der Waals surface area contributed by atoms with Crippen molar-refractivity contribution in [2.24, 2.45) is 0 Å². The normalized spacial score (nSPS) is 14.3. The largest absolute Gasteiger partial charge is 0.472 e. The zero-order valence-corrected chi connectivity index (χ0v) is 37.7. The molecule has 0 aliphatic carbocycles. The molecule has 0 heterocycles. The first kappa shape index (κ1) is 54.2. The molecular weight excluding hydrogens is 721 g/mol. The Kier molecular flexibility index (Phi) is 38.7. The number of hydrogen-bond donors (Lipinski definition) is 1. The first-order valence-electron chi connectivity index (χ1n) is 22.5. The zero-order valence-electron chi connectivity index (χ0n) is 36.9. The van der Waals surface area contributed by atoms with Crippen LogP contribution >= 0.6 is 7.82 Å². The van der Waals surface area contributed by atoms with Crippen molar-refractivity contribution in [2.45, 2.75) is 180 Å². The molecule has 0 aliphatic heterocycles. The van der Waals surface area contributed by atoms with E-state index in [4.69, 9.17) is 18.5 Å². The van der Waals surface area contributed by atoms with Crippen LogP contribution in [0.4, 0.5) is 0 Å². The lowest BCUT2D eigenvalue weighted by Gasteiger charge is -2.24. The predicted molar refractivity (Wildman–Crippen MR) is 238 cm³/mol. The number of unbranched alkanes of at least 4 members (excludes halogenated alkanes) is 17. The highest BCUT2D eigenvalue weighted by Crippen LogP contribution is 2.43. The minimum Gasteiger partial charge on any atom is -0.457 e. The Balaban J connectivity index is 4.26. The van der Waals surface area contributed by atoms with Crippen molar-refractivity contribution < 1.29 is 37.3 Å². The third-order valence-electron chi connectivity index (χ3n) is 9.31. The fourth-order valence-electron chi connectivity index (χ4n) is 5.83. The van der Waals surface area contributed by atoms with Crippen molar-refractivity contribution in [2.75, 3.05) is 54.1 Å². The van der Waals surface area contributed by atoms with Crippen LogP contribution in [0.2, 0.25) is 0 Å². The second-order valence-electron chi connectivity index (χ2n) is 16.0. The van der Waals surface area contributed by atoms with E-state index in [9.17, 15) is 14.3 Å². The first-order valence-corrected chi connectivity index (χ1v) is 24.0. The topological polar surface area (TPSA) is 91.3 Å². The average molecular weight is 809 g/mol. The molecule has 0 bridgehead atoms. The number of phosphoric ester groups is 1. The highest BCUT2D eigenvalue weighted by atomic mass is 31.2. The first-order chi connectivity index (χ1) is 27.1. The summed E-state index contributed by atoms with van der Waals surface area (Å²) in [7, 11) is 1.64. The summed E-state index contributed by atoms with van der Waals surface area (Å²) in [6.45, 7) is 5.45. The van der Waals surface area contributed by atoms with Crippen LogP contribution in [0.25, 0.3) is 0 Å². The van der Waals surface area contributed by atoms with E-state index in [2.05, 4.69) is 74.6 Å². The molecule has 2 atom stereocenters. The number of quaternary nitrogens is 1. The Bertz CT molecular complexity index is 1080. The van der Waals surface area contributed by atoms with Crippen LogP contribution in [0.1, 0.15) is 174 Å². The Morgan fingerprint density at radius 2 is 1.04 bits per heavy atom. The number of ether oxygens (including phenoxy) is 2. The standard InChI is InChI=1S/C47H86NO7P/c1-6-8-10-12-14-16-18-20-22-24-25-27-29-31-33-35-37-39-42-52-44-46(45-54-56(50,51)53-43-41-48(3,4)5)55-47(49)40-38-36-34-32-30-28-26-23-21-19-17-15-13-11-9-7-2/h8,10,14,16-17,19-20,22-23,26,46H,6-7,9,11-13,15,18,21,24-25,27-45H2,1-5H3/p+1/b10-8-,16-14-,19-17-,22-20-,26-23-. The van der Waals surface area contributed by atoms with Gasteiger partial charge in [-0.05, 0) is 77.0 Å². The van der Waals surface area contributed by atoms with Gasteiger partial charge in [0.25, 0.3) is 0 Å². The summed E-state index contributed by atoms with van der Waals surface area (Å²) in [6, 6.07) is 0. The number of carbonyl (C=O) groups excluding carboxylic acids is 1. The van der Waals surface area contributed by atoms with Crippen molar-refractivity contribution in [3.63, 3.8) is 0 Å². The Labute approximate surface area is 345 Å².